The normalized spacial score (nSPS) is 19.3. The van der Waals surface area contributed by atoms with E-state index in [1.807, 2.05) is 0 Å². The second-order valence-corrected chi connectivity index (χ2v) is 4.02. The van der Waals surface area contributed by atoms with Crippen LogP contribution < -0.4 is 11.1 Å². The summed E-state index contributed by atoms with van der Waals surface area (Å²) < 4.78 is 0. The fourth-order valence-corrected chi connectivity index (χ4v) is 1.90. The molecular weight excluding hydrogens is 192 g/mol. The maximum absolute atomic E-state index is 5.43. The molecule has 2 rings (SSSR count). The summed E-state index contributed by atoms with van der Waals surface area (Å²) in [5.74, 6) is 0.935. The highest BCUT2D eigenvalue weighted by Gasteiger charge is 2.17. The first-order valence-electron chi connectivity index (χ1n) is 5.41. The zero-order valence-corrected chi connectivity index (χ0v) is 9.03. The van der Waals surface area contributed by atoms with E-state index in [9.17, 15) is 0 Å². The van der Waals surface area contributed by atoms with Gasteiger partial charge in [-0.1, -0.05) is 0 Å². The Bertz CT molecular complexity index is 303. The molecule has 0 saturated carbocycles. The van der Waals surface area contributed by atoms with Crippen molar-refractivity contribution in [3.63, 3.8) is 0 Å². The molecule has 0 aliphatic carbocycles. The highest BCUT2D eigenvalue weighted by molar-refractivity contribution is 5.29. The quantitative estimate of drug-likeness (QED) is 0.665. The molecule has 6 nitrogen and oxygen atoms in total. The van der Waals surface area contributed by atoms with Crippen LogP contribution in [0.3, 0.4) is 0 Å². The average Bonchev–Trinajstić information content (AvgIpc) is 2.84. The predicted octanol–water partition coefficient (Wildman–Crippen LogP) is 0.283. The van der Waals surface area contributed by atoms with Gasteiger partial charge in [0.15, 0.2) is 0 Å². The van der Waals surface area contributed by atoms with Crippen LogP contribution >= 0.6 is 0 Å². The minimum atomic E-state index is 0.353. The van der Waals surface area contributed by atoms with Crippen molar-refractivity contribution in [2.45, 2.75) is 25.8 Å². The molecule has 1 saturated heterocycles. The van der Waals surface area contributed by atoms with Gasteiger partial charge in [-0.25, -0.2) is 5.10 Å². The van der Waals surface area contributed by atoms with Crippen LogP contribution in [-0.4, -0.2) is 45.8 Å². The summed E-state index contributed by atoms with van der Waals surface area (Å²) in [5, 5.41) is 9.69. The summed E-state index contributed by atoms with van der Waals surface area (Å²) in [6, 6.07) is 0.521. The number of nitrogen functional groups attached to an aromatic ring is 1. The molecule has 0 aromatic carbocycles. The molecule has 1 aliphatic rings. The third-order valence-electron chi connectivity index (χ3n) is 2.82. The molecule has 1 atom stereocenters. The number of rotatable bonds is 4. The van der Waals surface area contributed by atoms with Gasteiger partial charge in [-0.15, -0.1) is 5.10 Å². The lowest BCUT2D eigenvalue weighted by Gasteiger charge is -2.23. The first-order chi connectivity index (χ1) is 7.25. The Morgan fingerprint density at radius 2 is 2.27 bits per heavy atom. The summed E-state index contributed by atoms with van der Waals surface area (Å²) in [6.45, 7) is 5.49. The van der Waals surface area contributed by atoms with E-state index in [1.165, 1.54) is 25.9 Å². The molecule has 0 radical (unpaired) electrons. The number of hydrogen-bond acceptors (Lipinski definition) is 5. The van der Waals surface area contributed by atoms with Gasteiger partial charge < -0.3 is 11.1 Å². The monoisotopic (exact) mass is 210 g/mol. The largest absolute Gasteiger partial charge is 0.368 e. The molecular formula is C9H18N6. The molecule has 84 valence electrons. The summed E-state index contributed by atoms with van der Waals surface area (Å²) >= 11 is 0. The van der Waals surface area contributed by atoms with Gasteiger partial charge in [-0.3, -0.25) is 4.90 Å². The van der Waals surface area contributed by atoms with Gasteiger partial charge in [-0.2, -0.15) is 4.98 Å². The number of nitrogens with zero attached hydrogens (tertiary/aromatic N) is 3. The van der Waals surface area contributed by atoms with Crippen LogP contribution in [0, 0.1) is 0 Å². The maximum Gasteiger partial charge on any atom is 0.243 e. The van der Waals surface area contributed by atoms with Crippen LogP contribution in [0.25, 0.3) is 0 Å². The highest BCUT2D eigenvalue weighted by Crippen LogP contribution is 2.11. The van der Waals surface area contributed by atoms with Crippen molar-refractivity contribution in [1.29, 1.82) is 0 Å². The number of aromatic nitrogens is 3. The molecule has 0 spiro atoms. The van der Waals surface area contributed by atoms with Crippen LogP contribution in [0.1, 0.15) is 19.8 Å². The van der Waals surface area contributed by atoms with E-state index >= 15 is 0 Å². The lowest BCUT2D eigenvalue weighted by molar-refractivity contribution is 0.269. The van der Waals surface area contributed by atoms with Crippen LogP contribution in [0.2, 0.25) is 0 Å². The summed E-state index contributed by atoms with van der Waals surface area (Å²) in [5.41, 5.74) is 5.43. The van der Waals surface area contributed by atoms with Gasteiger partial charge in [0, 0.05) is 12.6 Å². The number of nitrogens with two attached hydrogens (primary N) is 1. The third kappa shape index (κ3) is 2.59. The molecule has 6 heteroatoms. The molecule has 0 amide bonds. The predicted molar refractivity (Wildman–Crippen MR) is 59.6 cm³/mol. The van der Waals surface area contributed by atoms with Crippen molar-refractivity contribution in [3.8, 4) is 0 Å². The van der Waals surface area contributed by atoms with E-state index in [4.69, 9.17) is 5.73 Å². The number of aromatic amines is 1. The lowest BCUT2D eigenvalue weighted by atomic mass is 10.3. The fraction of sp³-hybridized carbons (Fsp3) is 0.778. The van der Waals surface area contributed by atoms with E-state index in [1.54, 1.807) is 0 Å². The summed E-state index contributed by atoms with van der Waals surface area (Å²) in [4.78, 5) is 6.47. The Hall–Kier alpha value is -1.30. The van der Waals surface area contributed by atoms with Gasteiger partial charge in [-0.05, 0) is 32.9 Å². The third-order valence-corrected chi connectivity index (χ3v) is 2.82. The van der Waals surface area contributed by atoms with E-state index < -0.39 is 0 Å². The van der Waals surface area contributed by atoms with Gasteiger partial charge in [0.25, 0.3) is 0 Å². The second kappa shape index (κ2) is 4.48. The van der Waals surface area contributed by atoms with Gasteiger partial charge >= 0.3 is 0 Å². The van der Waals surface area contributed by atoms with Crippen molar-refractivity contribution < 1.29 is 0 Å². The molecule has 15 heavy (non-hydrogen) atoms. The van der Waals surface area contributed by atoms with E-state index in [2.05, 4.69) is 32.3 Å². The van der Waals surface area contributed by atoms with Crippen molar-refractivity contribution in [1.82, 2.24) is 20.1 Å². The van der Waals surface area contributed by atoms with Crippen molar-refractivity contribution in [2.24, 2.45) is 0 Å². The molecule has 0 bridgehead atoms. The number of likely N-dealkylation sites (tertiary alicyclic amines) is 1. The Morgan fingerprint density at radius 1 is 1.53 bits per heavy atom. The minimum Gasteiger partial charge on any atom is -0.368 e. The first-order valence-corrected chi connectivity index (χ1v) is 5.41. The molecule has 1 aromatic heterocycles. The van der Waals surface area contributed by atoms with Gasteiger partial charge in [0.05, 0.1) is 0 Å². The Morgan fingerprint density at radius 3 is 2.87 bits per heavy atom. The van der Waals surface area contributed by atoms with Crippen LogP contribution in [0.15, 0.2) is 0 Å². The zero-order valence-electron chi connectivity index (χ0n) is 9.03. The molecule has 1 unspecified atom stereocenters. The first kappa shape index (κ1) is 10.2. The smallest absolute Gasteiger partial charge is 0.243 e. The summed E-state index contributed by atoms with van der Waals surface area (Å²) in [7, 11) is 0. The SMILES string of the molecule is CC(CNc1n[nH]c(N)n1)N1CCCC1. The van der Waals surface area contributed by atoms with Crippen LogP contribution in [0.5, 0.6) is 0 Å². The van der Waals surface area contributed by atoms with Crippen molar-refractivity contribution in [2.75, 3.05) is 30.7 Å². The zero-order chi connectivity index (χ0) is 10.7. The topological polar surface area (TPSA) is 82.9 Å². The van der Waals surface area contributed by atoms with Crippen molar-refractivity contribution >= 4 is 11.9 Å². The van der Waals surface area contributed by atoms with Crippen LogP contribution in [-0.2, 0) is 0 Å². The summed E-state index contributed by atoms with van der Waals surface area (Å²) in [6.07, 6.45) is 2.63. The maximum atomic E-state index is 5.43. The molecule has 1 aromatic rings. The average molecular weight is 210 g/mol. The van der Waals surface area contributed by atoms with E-state index in [-0.39, 0.29) is 0 Å². The van der Waals surface area contributed by atoms with Gasteiger partial charge in [0.1, 0.15) is 0 Å². The van der Waals surface area contributed by atoms with Gasteiger partial charge in [0.2, 0.25) is 11.9 Å². The van der Waals surface area contributed by atoms with Crippen molar-refractivity contribution in [3.05, 3.63) is 0 Å². The molecule has 1 fully saturated rings. The molecule has 4 N–H and O–H groups in total. The number of nitrogens with one attached hydrogen (secondary N) is 2. The Labute approximate surface area is 89.2 Å². The highest BCUT2D eigenvalue weighted by atomic mass is 15.3. The minimum absolute atomic E-state index is 0.353. The second-order valence-electron chi connectivity index (χ2n) is 4.02. The number of H-pyrrole nitrogens is 1. The lowest BCUT2D eigenvalue weighted by Crippen LogP contribution is -2.35. The number of anilines is 2. The molecule has 2 heterocycles. The standard InChI is InChI=1S/C9H18N6/c1-7(15-4-2-3-5-15)6-11-9-12-8(10)13-14-9/h7H,2-6H2,1H3,(H4,10,11,12,13,14). The Kier molecular flexibility index (Phi) is 3.05. The molecule has 1 aliphatic heterocycles. The van der Waals surface area contributed by atoms with Crippen LogP contribution in [0.4, 0.5) is 11.9 Å². The fourth-order valence-electron chi connectivity index (χ4n) is 1.90. The van der Waals surface area contributed by atoms with E-state index in [0.717, 1.165) is 6.54 Å². The van der Waals surface area contributed by atoms with E-state index in [0.29, 0.717) is 17.9 Å². The number of hydrogen-bond donors (Lipinski definition) is 3. The Balaban J connectivity index is 1.77.